The molecular formula is C13H22N4. The SMILES string of the molecule is CC1CN(C)CCN1C(CN)c1cccnc1. The molecule has 1 aliphatic rings. The second kappa shape index (κ2) is 5.58. The molecule has 2 rings (SSSR count). The van der Waals surface area contributed by atoms with Crippen molar-refractivity contribution in [2.24, 2.45) is 5.73 Å². The minimum absolute atomic E-state index is 0.299. The standard InChI is InChI=1S/C13H22N4/c1-11-10-16(2)6-7-17(11)13(8-14)12-4-3-5-15-9-12/h3-5,9,11,13H,6-8,10,14H2,1-2H3. The number of nitrogens with zero attached hydrogens (tertiary/aromatic N) is 3. The van der Waals surface area contributed by atoms with Gasteiger partial charge in [-0.15, -0.1) is 0 Å². The molecule has 17 heavy (non-hydrogen) atoms. The summed E-state index contributed by atoms with van der Waals surface area (Å²) >= 11 is 0. The molecule has 1 aromatic heterocycles. The topological polar surface area (TPSA) is 45.4 Å². The van der Waals surface area contributed by atoms with Gasteiger partial charge in [-0.2, -0.15) is 0 Å². The van der Waals surface area contributed by atoms with Gasteiger partial charge in [-0.3, -0.25) is 9.88 Å². The van der Waals surface area contributed by atoms with Crippen LogP contribution >= 0.6 is 0 Å². The van der Waals surface area contributed by atoms with Crippen LogP contribution in [-0.4, -0.2) is 54.1 Å². The zero-order chi connectivity index (χ0) is 12.3. The lowest BCUT2D eigenvalue weighted by Crippen LogP contribution is -2.52. The Balaban J connectivity index is 2.13. The van der Waals surface area contributed by atoms with E-state index in [1.165, 1.54) is 5.56 Å². The van der Waals surface area contributed by atoms with E-state index in [9.17, 15) is 0 Å². The molecule has 0 bridgehead atoms. The molecule has 0 aromatic carbocycles. The molecule has 0 amide bonds. The molecule has 4 nitrogen and oxygen atoms in total. The zero-order valence-electron chi connectivity index (χ0n) is 10.7. The summed E-state index contributed by atoms with van der Waals surface area (Å²) in [5.41, 5.74) is 7.18. The lowest BCUT2D eigenvalue weighted by Gasteiger charge is -2.42. The Morgan fingerprint density at radius 1 is 1.53 bits per heavy atom. The van der Waals surface area contributed by atoms with E-state index in [-0.39, 0.29) is 0 Å². The van der Waals surface area contributed by atoms with E-state index < -0.39 is 0 Å². The first-order valence-electron chi connectivity index (χ1n) is 6.26. The molecule has 1 saturated heterocycles. The molecule has 0 saturated carbocycles. The quantitative estimate of drug-likeness (QED) is 0.837. The predicted molar refractivity (Wildman–Crippen MR) is 69.7 cm³/mol. The van der Waals surface area contributed by atoms with Crippen LogP contribution < -0.4 is 5.73 Å². The number of likely N-dealkylation sites (N-methyl/N-ethyl adjacent to an activating group) is 1. The average Bonchev–Trinajstić information content (AvgIpc) is 2.34. The van der Waals surface area contributed by atoms with Gasteiger partial charge in [0.05, 0.1) is 0 Å². The predicted octanol–water partition coefficient (Wildman–Crippen LogP) is 0.717. The van der Waals surface area contributed by atoms with Crippen LogP contribution in [0, 0.1) is 0 Å². The van der Waals surface area contributed by atoms with E-state index in [1.807, 2.05) is 18.5 Å². The van der Waals surface area contributed by atoms with Gasteiger partial charge in [0, 0.05) is 50.7 Å². The number of hydrogen-bond acceptors (Lipinski definition) is 4. The van der Waals surface area contributed by atoms with Crippen LogP contribution in [0.25, 0.3) is 0 Å². The maximum Gasteiger partial charge on any atom is 0.0489 e. The summed E-state index contributed by atoms with van der Waals surface area (Å²) in [4.78, 5) is 9.07. The average molecular weight is 234 g/mol. The van der Waals surface area contributed by atoms with Crippen molar-refractivity contribution < 1.29 is 0 Å². The number of aromatic nitrogens is 1. The van der Waals surface area contributed by atoms with Crippen LogP contribution in [0.4, 0.5) is 0 Å². The Hall–Kier alpha value is -0.970. The van der Waals surface area contributed by atoms with Crippen LogP contribution in [0.15, 0.2) is 24.5 Å². The minimum atomic E-state index is 0.299. The first kappa shape index (κ1) is 12.5. The Kier molecular flexibility index (Phi) is 4.10. The molecule has 0 spiro atoms. The lowest BCUT2D eigenvalue weighted by molar-refractivity contribution is 0.0634. The Morgan fingerprint density at radius 3 is 2.94 bits per heavy atom. The van der Waals surface area contributed by atoms with E-state index >= 15 is 0 Å². The van der Waals surface area contributed by atoms with Crippen LogP contribution in [0.3, 0.4) is 0 Å². The number of rotatable bonds is 3. The fourth-order valence-corrected chi connectivity index (χ4v) is 2.65. The number of hydrogen-bond donors (Lipinski definition) is 1. The molecule has 2 N–H and O–H groups in total. The third kappa shape index (κ3) is 2.83. The van der Waals surface area contributed by atoms with Crippen molar-refractivity contribution in [2.45, 2.75) is 19.0 Å². The van der Waals surface area contributed by atoms with Gasteiger partial charge in [0.25, 0.3) is 0 Å². The summed E-state index contributed by atoms with van der Waals surface area (Å²) in [6.07, 6.45) is 3.74. The van der Waals surface area contributed by atoms with Crippen LogP contribution in [0.2, 0.25) is 0 Å². The van der Waals surface area contributed by atoms with Crippen LogP contribution in [0.5, 0.6) is 0 Å². The molecule has 2 atom stereocenters. The van der Waals surface area contributed by atoms with Crippen molar-refractivity contribution in [2.75, 3.05) is 33.2 Å². The molecular weight excluding hydrogens is 212 g/mol. The van der Waals surface area contributed by atoms with Gasteiger partial charge in [-0.25, -0.2) is 0 Å². The third-order valence-corrected chi connectivity index (χ3v) is 3.57. The maximum atomic E-state index is 5.95. The highest BCUT2D eigenvalue weighted by molar-refractivity contribution is 5.15. The largest absolute Gasteiger partial charge is 0.329 e. The van der Waals surface area contributed by atoms with Gasteiger partial charge in [-0.1, -0.05) is 6.07 Å². The van der Waals surface area contributed by atoms with Crippen LogP contribution in [0.1, 0.15) is 18.5 Å². The van der Waals surface area contributed by atoms with E-state index in [4.69, 9.17) is 5.73 Å². The highest BCUT2D eigenvalue weighted by Crippen LogP contribution is 2.23. The zero-order valence-corrected chi connectivity index (χ0v) is 10.7. The highest BCUT2D eigenvalue weighted by Gasteiger charge is 2.28. The minimum Gasteiger partial charge on any atom is -0.329 e. The van der Waals surface area contributed by atoms with Crippen molar-refractivity contribution in [1.29, 1.82) is 0 Å². The normalized spacial score (nSPS) is 24.8. The van der Waals surface area contributed by atoms with Crippen LogP contribution in [-0.2, 0) is 0 Å². The fourth-order valence-electron chi connectivity index (χ4n) is 2.65. The number of nitrogens with two attached hydrogens (primary N) is 1. The Morgan fingerprint density at radius 2 is 2.35 bits per heavy atom. The summed E-state index contributed by atoms with van der Waals surface area (Å²) in [6.45, 7) is 6.22. The van der Waals surface area contributed by atoms with Gasteiger partial charge in [0.1, 0.15) is 0 Å². The van der Waals surface area contributed by atoms with Gasteiger partial charge >= 0.3 is 0 Å². The lowest BCUT2D eigenvalue weighted by atomic mass is 10.0. The van der Waals surface area contributed by atoms with Crippen molar-refractivity contribution in [3.63, 3.8) is 0 Å². The van der Waals surface area contributed by atoms with Crippen molar-refractivity contribution in [1.82, 2.24) is 14.8 Å². The first-order chi connectivity index (χ1) is 8.22. The molecule has 0 aliphatic carbocycles. The summed E-state index contributed by atoms with van der Waals surface area (Å²) < 4.78 is 0. The third-order valence-electron chi connectivity index (χ3n) is 3.57. The molecule has 94 valence electrons. The van der Waals surface area contributed by atoms with Gasteiger partial charge < -0.3 is 10.6 Å². The fraction of sp³-hybridized carbons (Fsp3) is 0.615. The molecule has 2 heterocycles. The van der Waals surface area contributed by atoms with E-state index in [0.717, 1.165) is 19.6 Å². The molecule has 2 unspecified atom stereocenters. The second-order valence-corrected chi connectivity index (χ2v) is 4.89. The second-order valence-electron chi connectivity index (χ2n) is 4.89. The number of piperazine rings is 1. The van der Waals surface area contributed by atoms with Crippen molar-refractivity contribution in [3.8, 4) is 0 Å². The smallest absolute Gasteiger partial charge is 0.0489 e. The molecule has 4 heteroatoms. The summed E-state index contributed by atoms with van der Waals surface area (Å²) in [7, 11) is 2.18. The van der Waals surface area contributed by atoms with Gasteiger partial charge in [-0.05, 0) is 25.6 Å². The first-order valence-corrected chi connectivity index (χ1v) is 6.26. The van der Waals surface area contributed by atoms with Gasteiger partial charge in [0.15, 0.2) is 0 Å². The van der Waals surface area contributed by atoms with Crippen molar-refractivity contribution in [3.05, 3.63) is 30.1 Å². The van der Waals surface area contributed by atoms with Gasteiger partial charge in [0.2, 0.25) is 0 Å². The molecule has 0 radical (unpaired) electrons. The molecule has 1 aliphatic heterocycles. The molecule has 1 aromatic rings. The van der Waals surface area contributed by atoms with E-state index in [2.05, 4.69) is 34.8 Å². The maximum absolute atomic E-state index is 5.95. The summed E-state index contributed by atoms with van der Waals surface area (Å²) in [5.74, 6) is 0. The van der Waals surface area contributed by atoms with E-state index in [0.29, 0.717) is 18.6 Å². The molecule has 1 fully saturated rings. The highest BCUT2D eigenvalue weighted by atomic mass is 15.3. The Bertz CT molecular complexity index is 341. The summed E-state index contributed by atoms with van der Waals surface area (Å²) in [6, 6.07) is 4.95. The Labute approximate surface area is 103 Å². The monoisotopic (exact) mass is 234 g/mol. The number of pyridine rings is 1. The van der Waals surface area contributed by atoms with Crippen molar-refractivity contribution >= 4 is 0 Å². The van der Waals surface area contributed by atoms with E-state index in [1.54, 1.807) is 0 Å². The summed E-state index contributed by atoms with van der Waals surface area (Å²) in [5, 5.41) is 0.